The summed E-state index contributed by atoms with van der Waals surface area (Å²) in [5.74, 6) is 0.679. The lowest BCUT2D eigenvalue weighted by molar-refractivity contribution is 0.0994. The van der Waals surface area contributed by atoms with Crippen molar-refractivity contribution in [2.45, 2.75) is 37.7 Å². The monoisotopic (exact) mass is 414 g/mol. The molecule has 0 radical (unpaired) electrons. The molecule has 1 atom stereocenters. The maximum atomic E-state index is 13.0. The zero-order valence-electron chi connectivity index (χ0n) is 16.3. The van der Waals surface area contributed by atoms with Crippen LogP contribution in [0.4, 0.5) is 0 Å². The first-order valence-corrected chi connectivity index (χ1v) is 10.5. The molecule has 3 rings (SSSR count). The summed E-state index contributed by atoms with van der Waals surface area (Å²) in [5.41, 5.74) is 1.48. The number of nitrogens with zero attached hydrogens (tertiary/aromatic N) is 2. The molecule has 0 aliphatic carbocycles. The number of carbonyl (C=O) groups excluding carboxylic acids is 1. The molecule has 0 aliphatic heterocycles. The lowest BCUT2D eigenvalue weighted by Crippen LogP contribution is -2.24. The average molecular weight is 415 g/mol. The quantitative estimate of drug-likeness (QED) is 0.244. The first kappa shape index (κ1) is 20.4. The number of benzene rings is 1. The highest BCUT2D eigenvalue weighted by atomic mass is 32.2. The van der Waals surface area contributed by atoms with Crippen molar-refractivity contribution in [2.75, 3.05) is 7.11 Å². The number of thiophene rings is 1. The van der Waals surface area contributed by atoms with Gasteiger partial charge in [0.05, 0.1) is 17.7 Å². The summed E-state index contributed by atoms with van der Waals surface area (Å²) in [6, 6.07) is 7.02. The molecule has 0 amide bonds. The minimum absolute atomic E-state index is 0.0225. The first-order chi connectivity index (χ1) is 13.4. The molecule has 7 heteroatoms. The minimum atomic E-state index is -0.393. The molecule has 1 aromatic carbocycles. The smallest absolute Gasteiger partial charge is 0.263 e. The molecule has 2 heterocycles. The summed E-state index contributed by atoms with van der Waals surface area (Å²) in [4.78, 5) is 32.4. The van der Waals surface area contributed by atoms with Gasteiger partial charge in [-0.05, 0) is 50.6 Å². The molecule has 146 valence electrons. The normalized spacial score (nSPS) is 12.1. The van der Waals surface area contributed by atoms with E-state index < -0.39 is 5.25 Å². The van der Waals surface area contributed by atoms with E-state index >= 15 is 0 Å². The van der Waals surface area contributed by atoms with Gasteiger partial charge in [-0.1, -0.05) is 17.8 Å². The molecule has 28 heavy (non-hydrogen) atoms. The van der Waals surface area contributed by atoms with Crippen LogP contribution in [0.15, 0.2) is 46.9 Å². The maximum Gasteiger partial charge on any atom is 0.263 e. The van der Waals surface area contributed by atoms with E-state index in [1.165, 1.54) is 23.1 Å². The number of hydrogen-bond acceptors (Lipinski definition) is 6. The van der Waals surface area contributed by atoms with Gasteiger partial charge in [0.2, 0.25) is 0 Å². The van der Waals surface area contributed by atoms with E-state index in [9.17, 15) is 9.59 Å². The molecule has 0 unspecified atom stereocenters. The van der Waals surface area contributed by atoms with Crippen molar-refractivity contribution in [3.05, 3.63) is 63.3 Å². The van der Waals surface area contributed by atoms with E-state index in [4.69, 9.17) is 9.72 Å². The largest absolute Gasteiger partial charge is 0.497 e. The van der Waals surface area contributed by atoms with Crippen LogP contribution in [0, 0.1) is 13.8 Å². The van der Waals surface area contributed by atoms with E-state index in [1.54, 1.807) is 42.0 Å². The lowest BCUT2D eigenvalue weighted by atomic mass is 10.1. The van der Waals surface area contributed by atoms with Gasteiger partial charge < -0.3 is 4.74 Å². The molecule has 0 saturated heterocycles. The summed E-state index contributed by atoms with van der Waals surface area (Å²) in [7, 11) is 1.59. The standard InChI is InChI=1S/C21H22N2O3S2/c1-6-11-23-20(25)17-12(2)13(3)27-19(17)22-21(23)28-14(4)18(24)15-7-9-16(26-5)10-8-15/h6-10,14H,1,11H2,2-5H3/t14-/m1/s1. The van der Waals surface area contributed by atoms with Crippen LogP contribution in [-0.4, -0.2) is 27.7 Å². The third-order valence-corrected chi connectivity index (χ3v) is 6.78. The van der Waals surface area contributed by atoms with Crippen molar-refractivity contribution >= 4 is 39.1 Å². The average Bonchev–Trinajstić information content (AvgIpc) is 2.98. The number of Topliss-reactive ketones (excluding diaryl/α,β-unsaturated/α-hetero) is 1. The summed E-state index contributed by atoms with van der Waals surface area (Å²) >= 11 is 2.80. The second kappa shape index (κ2) is 8.32. The van der Waals surface area contributed by atoms with Crippen LogP contribution in [0.3, 0.4) is 0 Å². The number of aryl methyl sites for hydroxylation is 2. The second-order valence-electron chi connectivity index (χ2n) is 6.42. The maximum absolute atomic E-state index is 13.0. The van der Waals surface area contributed by atoms with E-state index in [2.05, 4.69) is 6.58 Å². The fourth-order valence-corrected chi connectivity index (χ4v) is 4.96. The number of carbonyl (C=O) groups is 1. The molecule has 0 N–H and O–H groups in total. The van der Waals surface area contributed by atoms with Crippen molar-refractivity contribution < 1.29 is 9.53 Å². The van der Waals surface area contributed by atoms with Gasteiger partial charge in [0, 0.05) is 17.0 Å². The van der Waals surface area contributed by atoms with E-state index in [0.717, 1.165) is 10.4 Å². The van der Waals surface area contributed by atoms with Gasteiger partial charge in [0.25, 0.3) is 5.56 Å². The summed E-state index contributed by atoms with van der Waals surface area (Å²) < 4.78 is 6.73. The van der Waals surface area contributed by atoms with Gasteiger partial charge in [-0.3, -0.25) is 14.2 Å². The number of aromatic nitrogens is 2. The summed E-state index contributed by atoms with van der Waals surface area (Å²) in [6.07, 6.45) is 1.67. The Morgan fingerprint density at radius 3 is 2.64 bits per heavy atom. The van der Waals surface area contributed by atoms with Gasteiger partial charge in [-0.2, -0.15) is 0 Å². The summed E-state index contributed by atoms with van der Waals surface area (Å²) in [6.45, 7) is 9.86. The molecule has 0 saturated carbocycles. The number of fused-ring (bicyclic) bond motifs is 1. The highest BCUT2D eigenvalue weighted by molar-refractivity contribution is 8.00. The molecule has 0 bridgehead atoms. The minimum Gasteiger partial charge on any atom is -0.497 e. The molecule has 2 aromatic heterocycles. The lowest BCUT2D eigenvalue weighted by Gasteiger charge is -2.14. The summed E-state index contributed by atoms with van der Waals surface area (Å²) in [5, 5.41) is 0.798. The van der Waals surface area contributed by atoms with Crippen molar-refractivity contribution in [1.29, 1.82) is 0 Å². The third-order valence-electron chi connectivity index (χ3n) is 4.59. The highest BCUT2D eigenvalue weighted by Crippen LogP contribution is 2.30. The fraction of sp³-hybridized carbons (Fsp3) is 0.286. The number of rotatable bonds is 7. The number of ether oxygens (including phenoxy) is 1. The zero-order valence-corrected chi connectivity index (χ0v) is 17.9. The first-order valence-electron chi connectivity index (χ1n) is 8.83. The SMILES string of the molecule is C=CCn1c(S[C@H](C)C(=O)c2ccc(OC)cc2)nc2sc(C)c(C)c2c1=O. The number of methoxy groups -OCH3 is 1. The number of ketones is 1. The Bertz CT molecular complexity index is 1100. The Morgan fingerprint density at radius 2 is 2.04 bits per heavy atom. The molecule has 3 aromatic rings. The molecular weight excluding hydrogens is 392 g/mol. The van der Waals surface area contributed by atoms with E-state index in [-0.39, 0.29) is 11.3 Å². The van der Waals surface area contributed by atoms with Crippen LogP contribution in [0.25, 0.3) is 10.2 Å². The van der Waals surface area contributed by atoms with Crippen LogP contribution in [0.1, 0.15) is 27.7 Å². The van der Waals surface area contributed by atoms with Crippen LogP contribution in [0.5, 0.6) is 5.75 Å². The Hall–Kier alpha value is -2.38. The van der Waals surface area contributed by atoms with E-state index in [0.29, 0.717) is 33.2 Å². The van der Waals surface area contributed by atoms with Crippen molar-refractivity contribution in [3.8, 4) is 5.75 Å². The molecular formula is C21H22N2O3S2. The van der Waals surface area contributed by atoms with Crippen LogP contribution < -0.4 is 10.3 Å². The van der Waals surface area contributed by atoms with Gasteiger partial charge in [0.1, 0.15) is 10.6 Å². The van der Waals surface area contributed by atoms with Gasteiger partial charge in [-0.15, -0.1) is 17.9 Å². The Labute approximate surface area is 172 Å². The van der Waals surface area contributed by atoms with Crippen molar-refractivity contribution in [1.82, 2.24) is 9.55 Å². The van der Waals surface area contributed by atoms with Crippen LogP contribution >= 0.6 is 23.1 Å². The highest BCUT2D eigenvalue weighted by Gasteiger charge is 2.22. The number of thioether (sulfide) groups is 1. The van der Waals surface area contributed by atoms with Crippen LogP contribution in [0.2, 0.25) is 0 Å². The zero-order chi connectivity index (χ0) is 20.4. The van der Waals surface area contributed by atoms with Gasteiger partial charge >= 0.3 is 0 Å². The molecule has 0 spiro atoms. The third kappa shape index (κ3) is 3.77. The molecule has 0 aliphatic rings. The number of allylic oxidation sites excluding steroid dienone is 1. The Morgan fingerprint density at radius 1 is 1.36 bits per heavy atom. The molecule has 0 fully saturated rings. The second-order valence-corrected chi connectivity index (χ2v) is 8.93. The Kier molecular flexibility index (Phi) is 6.05. The van der Waals surface area contributed by atoms with E-state index in [1.807, 2.05) is 20.8 Å². The fourth-order valence-electron chi connectivity index (χ4n) is 2.89. The van der Waals surface area contributed by atoms with Gasteiger partial charge in [-0.25, -0.2) is 4.98 Å². The Balaban J connectivity index is 1.97. The van der Waals surface area contributed by atoms with Crippen molar-refractivity contribution in [2.24, 2.45) is 0 Å². The van der Waals surface area contributed by atoms with Crippen LogP contribution in [-0.2, 0) is 6.54 Å². The predicted molar refractivity (Wildman–Crippen MR) is 116 cm³/mol. The molecule has 5 nitrogen and oxygen atoms in total. The van der Waals surface area contributed by atoms with Crippen molar-refractivity contribution in [3.63, 3.8) is 0 Å². The number of hydrogen-bond donors (Lipinski definition) is 0. The van der Waals surface area contributed by atoms with Gasteiger partial charge in [0.15, 0.2) is 10.9 Å². The topological polar surface area (TPSA) is 61.2 Å². The predicted octanol–water partition coefficient (Wildman–Crippen LogP) is 4.63.